The Labute approximate surface area is 126 Å². The second-order valence-electron chi connectivity index (χ2n) is 6.32. The van der Waals surface area contributed by atoms with Gasteiger partial charge in [-0.15, -0.1) is 0 Å². The SMILES string of the molecule is CCOC(=O)C1CCC(O)(COCC2CCOCC2)CC1. The lowest BCUT2D eigenvalue weighted by molar-refractivity contribution is -0.152. The summed E-state index contributed by atoms with van der Waals surface area (Å²) in [4.78, 5) is 11.7. The second kappa shape index (κ2) is 8.11. The van der Waals surface area contributed by atoms with Crippen molar-refractivity contribution in [2.45, 2.75) is 51.0 Å². The second-order valence-corrected chi connectivity index (χ2v) is 6.32. The molecule has 0 unspecified atom stereocenters. The summed E-state index contributed by atoms with van der Waals surface area (Å²) in [7, 11) is 0. The Kier molecular flexibility index (Phi) is 6.45. The van der Waals surface area contributed by atoms with Gasteiger partial charge in [0.1, 0.15) is 0 Å². The van der Waals surface area contributed by atoms with E-state index in [1.807, 2.05) is 6.92 Å². The number of ether oxygens (including phenoxy) is 3. The summed E-state index contributed by atoms with van der Waals surface area (Å²) in [5, 5.41) is 10.5. The highest BCUT2D eigenvalue weighted by molar-refractivity contribution is 5.72. The maximum Gasteiger partial charge on any atom is 0.308 e. The minimum absolute atomic E-state index is 0.0549. The third-order valence-electron chi connectivity index (χ3n) is 4.60. The van der Waals surface area contributed by atoms with Crippen LogP contribution < -0.4 is 0 Å². The largest absolute Gasteiger partial charge is 0.466 e. The van der Waals surface area contributed by atoms with Crippen LogP contribution in [-0.2, 0) is 19.0 Å². The van der Waals surface area contributed by atoms with Crippen LogP contribution in [-0.4, -0.2) is 49.7 Å². The molecular weight excluding hydrogens is 272 g/mol. The zero-order chi connectivity index (χ0) is 15.1. The molecule has 2 aliphatic rings. The average molecular weight is 300 g/mol. The predicted octanol–water partition coefficient (Wildman–Crippen LogP) is 1.91. The topological polar surface area (TPSA) is 65.0 Å². The van der Waals surface area contributed by atoms with Crippen molar-refractivity contribution in [3.8, 4) is 0 Å². The molecule has 1 heterocycles. The lowest BCUT2D eigenvalue weighted by atomic mass is 9.79. The Bertz CT molecular complexity index is 317. The molecule has 0 aromatic carbocycles. The molecule has 5 nitrogen and oxygen atoms in total. The van der Waals surface area contributed by atoms with Crippen LogP contribution in [0.5, 0.6) is 0 Å². The summed E-state index contributed by atoms with van der Waals surface area (Å²) in [6, 6.07) is 0. The lowest BCUT2D eigenvalue weighted by Crippen LogP contribution is -2.41. The molecule has 5 heteroatoms. The molecule has 0 amide bonds. The van der Waals surface area contributed by atoms with Gasteiger partial charge in [-0.2, -0.15) is 0 Å². The summed E-state index contributed by atoms with van der Waals surface area (Å²) >= 11 is 0. The molecule has 0 atom stereocenters. The molecule has 21 heavy (non-hydrogen) atoms. The van der Waals surface area contributed by atoms with Crippen LogP contribution in [0.25, 0.3) is 0 Å². The molecule has 0 spiro atoms. The number of carbonyl (C=O) groups excluding carboxylic acids is 1. The van der Waals surface area contributed by atoms with Crippen LogP contribution in [0.4, 0.5) is 0 Å². The Hall–Kier alpha value is -0.650. The summed E-state index contributed by atoms with van der Waals surface area (Å²) < 4.78 is 16.1. The Balaban J connectivity index is 1.65. The summed E-state index contributed by atoms with van der Waals surface area (Å²) in [6.45, 7) is 4.96. The quantitative estimate of drug-likeness (QED) is 0.759. The van der Waals surface area contributed by atoms with Crippen molar-refractivity contribution in [2.24, 2.45) is 11.8 Å². The number of hydrogen-bond acceptors (Lipinski definition) is 5. The van der Waals surface area contributed by atoms with E-state index in [-0.39, 0.29) is 11.9 Å². The zero-order valence-corrected chi connectivity index (χ0v) is 13.0. The minimum Gasteiger partial charge on any atom is -0.466 e. The van der Waals surface area contributed by atoms with E-state index < -0.39 is 5.60 Å². The van der Waals surface area contributed by atoms with Crippen LogP contribution in [0.2, 0.25) is 0 Å². The average Bonchev–Trinajstić information content (AvgIpc) is 2.49. The fraction of sp³-hybridized carbons (Fsp3) is 0.938. The fourth-order valence-electron chi connectivity index (χ4n) is 3.12. The van der Waals surface area contributed by atoms with E-state index >= 15 is 0 Å². The van der Waals surface area contributed by atoms with E-state index in [0.717, 1.165) is 26.1 Å². The number of esters is 1. The highest BCUT2D eigenvalue weighted by Gasteiger charge is 2.36. The monoisotopic (exact) mass is 300 g/mol. The van der Waals surface area contributed by atoms with E-state index in [9.17, 15) is 9.90 Å². The molecule has 1 saturated heterocycles. The van der Waals surface area contributed by atoms with E-state index in [4.69, 9.17) is 14.2 Å². The molecule has 0 bridgehead atoms. The van der Waals surface area contributed by atoms with Gasteiger partial charge in [-0.25, -0.2) is 0 Å². The maximum absolute atomic E-state index is 11.7. The van der Waals surface area contributed by atoms with Crippen LogP contribution in [0, 0.1) is 11.8 Å². The van der Waals surface area contributed by atoms with Gasteiger partial charge in [-0.1, -0.05) is 0 Å². The number of carbonyl (C=O) groups is 1. The van der Waals surface area contributed by atoms with Gasteiger partial charge in [0.2, 0.25) is 0 Å². The molecule has 0 radical (unpaired) electrons. The fourth-order valence-corrected chi connectivity index (χ4v) is 3.12. The van der Waals surface area contributed by atoms with E-state index in [2.05, 4.69) is 0 Å². The van der Waals surface area contributed by atoms with Gasteiger partial charge in [0.15, 0.2) is 0 Å². The predicted molar refractivity (Wildman–Crippen MR) is 77.9 cm³/mol. The summed E-state index contributed by atoms with van der Waals surface area (Å²) in [6.07, 6.45) is 4.70. The first kappa shape index (κ1) is 16.7. The smallest absolute Gasteiger partial charge is 0.308 e. The highest BCUT2D eigenvalue weighted by Crippen LogP contribution is 2.33. The van der Waals surface area contributed by atoms with Crippen molar-refractivity contribution in [1.82, 2.24) is 0 Å². The first-order valence-electron chi connectivity index (χ1n) is 8.17. The molecule has 2 fully saturated rings. The van der Waals surface area contributed by atoms with E-state index in [1.165, 1.54) is 0 Å². The first-order chi connectivity index (χ1) is 10.1. The molecule has 0 aromatic rings. The molecule has 1 saturated carbocycles. The normalized spacial score (nSPS) is 31.0. The van der Waals surface area contributed by atoms with Crippen molar-refractivity contribution >= 4 is 5.97 Å². The number of rotatable bonds is 6. The Morgan fingerprint density at radius 2 is 1.90 bits per heavy atom. The Morgan fingerprint density at radius 1 is 1.24 bits per heavy atom. The third-order valence-corrected chi connectivity index (χ3v) is 4.60. The molecule has 122 valence electrons. The van der Waals surface area contributed by atoms with Crippen LogP contribution >= 0.6 is 0 Å². The number of hydrogen-bond donors (Lipinski definition) is 1. The molecule has 1 N–H and O–H groups in total. The maximum atomic E-state index is 11.7. The minimum atomic E-state index is -0.770. The van der Waals surface area contributed by atoms with Crippen LogP contribution in [0.3, 0.4) is 0 Å². The number of aliphatic hydroxyl groups is 1. The standard InChI is InChI=1S/C16H28O5/c1-2-21-15(17)14-3-7-16(18,8-4-14)12-20-11-13-5-9-19-10-6-13/h13-14,18H,2-12H2,1H3. The molecule has 0 aromatic heterocycles. The van der Waals surface area contributed by atoms with Gasteiger partial charge in [-0.3, -0.25) is 4.79 Å². The van der Waals surface area contributed by atoms with Gasteiger partial charge in [0.05, 0.1) is 24.7 Å². The van der Waals surface area contributed by atoms with Gasteiger partial charge >= 0.3 is 5.97 Å². The van der Waals surface area contributed by atoms with Crippen molar-refractivity contribution in [3.63, 3.8) is 0 Å². The van der Waals surface area contributed by atoms with Crippen molar-refractivity contribution in [3.05, 3.63) is 0 Å². The van der Waals surface area contributed by atoms with E-state index in [1.54, 1.807) is 0 Å². The third kappa shape index (κ3) is 5.24. The zero-order valence-electron chi connectivity index (χ0n) is 13.0. The summed E-state index contributed by atoms with van der Waals surface area (Å²) in [5.41, 5.74) is -0.770. The summed E-state index contributed by atoms with van der Waals surface area (Å²) in [5.74, 6) is 0.376. The molecular formula is C16H28O5. The molecule has 1 aliphatic carbocycles. The molecule has 2 rings (SSSR count). The van der Waals surface area contributed by atoms with Gasteiger partial charge in [0.25, 0.3) is 0 Å². The van der Waals surface area contributed by atoms with Gasteiger partial charge in [0, 0.05) is 19.8 Å². The Morgan fingerprint density at radius 3 is 2.52 bits per heavy atom. The van der Waals surface area contributed by atoms with Crippen LogP contribution in [0.1, 0.15) is 45.4 Å². The van der Waals surface area contributed by atoms with Crippen LogP contribution in [0.15, 0.2) is 0 Å². The van der Waals surface area contributed by atoms with Crippen molar-refractivity contribution < 1.29 is 24.1 Å². The lowest BCUT2D eigenvalue weighted by Gasteiger charge is -2.35. The molecule has 1 aliphatic heterocycles. The first-order valence-corrected chi connectivity index (χ1v) is 8.17. The van der Waals surface area contributed by atoms with Crippen molar-refractivity contribution in [2.75, 3.05) is 33.0 Å². The van der Waals surface area contributed by atoms with Crippen molar-refractivity contribution in [1.29, 1.82) is 0 Å². The highest BCUT2D eigenvalue weighted by atomic mass is 16.5. The van der Waals surface area contributed by atoms with E-state index in [0.29, 0.717) is 51.4 Å². The van der Waals surface area contributed by atoms with Gasteiger partial charge in [-0.05, 0) is 51.4 Å². The van der Waals surface area contributed by atoms with Gasteiger partial charge < -0.3 is 19.3 Å².